The summed E-state index contributed by atoms with van der Waals surface area (Å²) in [5, 5.41) is 19.5. The van der Waals surface area contributed by atoms with Crippen LogP contribution in [0.2, 0.25) is 0 Å². The van der Waals surface area contributed by atoms with Gasteiger partial charge in [-0.15, -0.1) is 0 Å². The van der Waals surface area contributed by atoms with Gasteiger partial charge in [-0.2, -0.15) is 0 Å². The molecule has 0 aromatic carbocycles. The van der Waals surface area contributed by atoms with Gasteiger partial charge in [0, 0.05) is 12.6 Å². The zero-order valence-corrected chi connectivity index (χ0v) is 6.29. The van der Waals surface area contributed by atoms with Crippen LogP contribution in [0.5, 0.6) is 0 Å². The molecule has 0 unspecified atom stereocenters. The van der Waals surface area contributed by atoms with E-state index in [0.29, 0.717) is 5.92 Å². The maximum atomic E-state index is 10.2. The molecule has 4 heteroatoms. The summed E-state index contributed by atoms with van der Waals surface area (Å²) in [4.78, 5) is 10.2. The molecule has 1 rings (SSSR count). The van der Waals surface area contributed by atoms with Crippen LogP contribution in [0.25, 0.3) is 0 Å². The number of aliphatic hydroxyl groups is 1. The molecule has 11 heavy (non-hydrogen) atoms. The largest absolute Gasteiger partial charge is 0.465 e. The molecule has 0 heterocycles. The monoisotopic (exact) mass is 159 g/mol. The number of hydrogen-bond acceptors (Lipinski definition) is 2. The Balaban J connectivity index is 2.24. The Hall–Kier alpha value is -0.770. The van der Waals surface area contributed by atoms with E-state index in [1.165, 1.54) is 0 Å². The minimum atomic E-state index is -0.964. The van der Waals surface area contributed by atoms with Gasteiger partial charge in [-0.25, -0.2) is 4.79 Å². The molecule has 0 radical (unpaired) electrons. The fourth-order valence-electron chi connectivity index (χ4n) is 1.55. The van der Waals surface area contributed by atoms with E-state index in [1.54, 1.807) is 0 Å². The Morgan fingerprint density at radius 3 is 2.73 bits per heavy atom. The first-order chi connectivity index (χ1) is 5.22. The van der Waals surface area contributed by atoms with Crippen LogP contribution in [-0.4, -0.2) is 29.0 Å². The van der Waals surface area contributed by atoms with Crippen LogP contribution in [0.4, 0.5) is 4.79 Å². The first-order valence-electron chi connectivity index (χ1n) is 3.82. The highest BCUT2D eigenvalue weighted by Gasteiger charge is 2.24. The maximum Gasteiger partial charge on any atom is 0.404 e. The van der Waals surface area contributed by atoms with E-state index in [1.807, 2.05) is 0 Å². The van der Waals surface area contributed by atoms with Crippen LogP contribution in [0.1, 0.15) is 19.3 Å². The van der Waals surface area contributed by atoms with Gasteiger partial charge < -0.3 is 15.5 Å². The number of carbonyl (C=O) groups is 1. The first-order valence-corrected chi connectivity index (χ1v) is 3.82. The molecular weight excluding hydrogens is 146 g/mol. The molecule has 64 valence electrons. The van der Waals surface area contributed by atoms with Gasteiger partial charge in [-0.05, 0) is 25.2 Å². The van der Waals surface area contributed by atoms with E-state index >= 15 is 0 Å². The van der Waals surface area contributed by atoms with Gasteiger partial charge in [0.25, 0.3) is 0 Å². The second kappa shape index (κ2) is 3.57. The summed E-state index contributed by atoms with van der Waals surface area (Å²) in [6, 6.07) is 0.0599. The van der Waals surface area contributed by atoms with Gasteiger partial charge in [0.15, 0.2) is 0 Å². The van der Waals surface area contributed by atoms with Crippen molar-refractivity contribution in [3.8, 4) is 0 Å². The lowest BCUT2D eigenvalue weighted by Crippen LogP contribution is -2.31. The van der Waals surface area contributed by atoms with Crippen molar-refractivity contribution in [1.82, 2.24) is 5.32 Å². The van der Waals surface area contributed by atoms with E-state index in [-0.39, 0.29) is 12.6 Å². The predicted molar refractivity (Wildman–Crippen MR) is 39.4 cm³/mol. The highest BCUT2D eigenvalue weighted by molar-refractivity contribution is 5.64. The minimum Gasteiger partial charge on any atom is -0.465 e. The average Bonchev–Trinajstić information content (AvgIpc) is 2.34. The smallest absolute Gasteiger partial charge is 0.404 e. The Bertz CT molecular complexity index is 149. The summed E-state index contributed by atoms with van der Waals surface area (Å²) in [6.45, 7) is 0.178. The lowest BCUT2D eigenvalue weighted by molar-refractivity contribution is 0.188. The summed E-state index contributed by atoms with van der Waals surface area (Å²) in [7, 11) is 0. The maximum absolute atomic E-state index is 10.2. The van der Waals surface area contributed by atoms with Crippen molar-refractivity contribution in [3.63, 3.8) is 0 Å². The molecule has 1 amide bonds. The molecule has 0 saturated heterocycles. The molecule has 4 nitrogen and oxygen atoms in total. The van der Waals surface area contributed by atoms with Crippen molar-refractivity contribution in [2.75, 3.05) is 6.61 Å². The number of amides is 1. The molecule has 0 aliphatic heterocycles. The molecule has 1 aliphatic carbocycles. The van der Waals surface area contributed by atoms with E-state index in [4.69, 9.17) is 10.2 Å². The van der Waals surface area contributed by atoms with Crippen LogP contribution in [-0.2, 0) is 0 Å². The molecule has 1 saturated carbocycles. The SMILES string of the molecule is O=C(O)N[C@H]1CC[C@H](CO)C1. The lowest BCUT2D eigenvalue weighted by atomic mass is 10.1. The third-order valence-electron chi connectivity index (χ3n) is 2.13. The van der Waals surface area contributed by atoms with E-state index in [9.17, 15) is 4.79 Å². The van der Waals surface area contributed by atoms with Gasteiger partial charge in [-0.1, -0.05) is 0 Å². The lowest BCUT2D eigenvalue weighted by Gasteiger charge is -2.08. The molecule has 0 aromatic rings. The third-order valence-corrected chi connectivity index (χ3v) is 2.13. The zero-order valence-electron chi connectivity index (χ0n) is 6.29. The Kier molecular flexibility index (Phi) is 2.70. The summed E-state index contributed by atoms with van der Waals surface area (Å²) in [5.41, 5.74) is 0. The molecule has 1 aliphatic rings. The summed E-state index contributed by atoms with van der Waals surface area (Å²) >= 11 is 0. The van der Waals surface area contributed by atoms with Crippen molar-refractivity contribution in [3.05, 3.63) is 0 Å². The van der Waals surface area contributed by atoms with Gasteiger partial charge in [0.05, 0.1) is 0 Å². The van der Waals surface area contributed by atoms with Gasteiger partial charge in [0.1, 0.15) is 0 Å². The minimum absolute atomic E-state index is 0.0599. The average molecular weight is 159 g/mol. The van der Waals surface area contributed by atoms with Crippen molar-refractivity contribution in [1.29, 1.82) is 0 Å². The fourth-order valence-corrected chi connectivity index (χ4v) is 1.55. The van der Waals surface area contributed by atoms with Gasteiger partial charge in [-0.3, -0.25) is 0 Å². The molecule has 3 N–H and O–H groups in total. The van der Waals surface area contributed by atoms with Crippen LogP contribution < -0.4 is 5.32 Å². The van der Waals surface area contributed by atoms with Crippen LogP contribution in [0.3, 0.4) is 0 Å². The molecular formula is C7H13NO3. The Morgan fingerprint density at radius 1 is 1.55 bits per heavy atom. The first kappa shape index (κ1) is 8.33. The normalized spacial score (nSPS) is 30.3. The zero-order chi connectivity index (χ0) is 8.27. The summed E-state index contributed by atoms with van der Waals surface area (Å²) in [6.07, 6.45) is 1.61. The molecule has 0 aromatic heterocycles. The van der Waals surface area contributed by atoms with Crippen molar-refractivity contribution in [2.24, 2.45) is 5.92 Å². The third kappa shape index (κ3) is 2.38. The standard InChI is InChI=1S/C7H13NO3/c9-4-5-1-2-6(3-5)8-7(10)11/h5-6,8-9H,1-4H2,(H,10,11)/t5-,6-/m0/s1. The van der Waals surface area contributed by atoms with Crippen LogP contribution in [0, 0.1) is 5.92 Å². The van der Waals surface area contributed by atoms with E-state index in [2.05, 4.69) is 5.32 Å². The summed E-state index contributed by atoms with van der Waals surface area (Å²) < 4.78 is 0. The number of carboxylic acid groups (broad SMARTS) is 1. The number of hydrogen-bond donors (Lipinski definition) is 3. The van der Waals surface area contributed by atoms with E-state index < -0.39 is 6.09 Å². The van der Waals surface area contributed by atoms with Crippen LogP contribution in [0.15, 0.2) is 0 Å². The Labute approximate surface area is 65.2 Å². The predicted octanol–water partition coefficient (Wildman–Crippen LogP) is 0.415. The van der Waals surface area contributed by atoms with Gasteiger partial charge >= 0.3 is 6.09 Å². The molecule has 1 fully saturated rings. The molecule has 0 spiro atoms. The highest BCUT2D eigenvalue weighted by atomic mass is 16.4. The summed E-state index contributed by atoms with van der Waals surface area (Å²) in [5.74, 6) is 0.298. The van der Waals surface area contributed by atoms with Crippen LogP contribution >= 0.6 is 0 Å². The second-order valence-electron chi connectivity index (χ2n) is 3.01. The second-order valence-corrected chi connectivity index (χ2v) is 3.01. The van der Waals surface area contributed by atoms with Gasteiger partial charge in [0.2, 0.25) is 0 Å². The quantitative estimate of drug-likeness (QED) is 0.546. The molecule has 0 bridgehead atoms. The highest BCUT2D eigenvalue weighted by Crippen LogP contribution is 2.24. The van der Waals surface area contributed by atoms with Crippen molar-refractivity contribution < 1.29 is 15.0 Å². The van der Waals surface area contributed by atoms with Crippen molar-refractivity contribution in [2.45, 2.75) is 25.3 Å². The molecule has 2 atom stereocenters. The van der Waals surface area contributed by atoms with E-state index in [0.717, 1.165) is 19.3 Å². The fraction of sp³-hybridized carbons (Fsp3) is 0.857. The number of aliphatic hydroxyl groups excluding tert-OH is 1. The number of nitrogens with one attached hydrogen (secondary N) is 1. The Morgan fingerprint density at radius 2 is 2.27 bits per heavy atom. The topological polar surface area (TPSA) is 69.6 Å². The van der Waals surface area contributed by atoms with Crippen molar-refractivity contribution >= 4 is 6.09 Å². The number of rotatable bonds is 2.